The van der Waals surface area contributed by atoms with Gasteiger partial charge in [0.05, 0.1) is 19.3 Å². The van der Waals surface area contributed by atoms with Crippen molar-refractivity contribution in [2.75, 3.05) is 57.4 Å². The number of carbonyl (C=O) groups excluding carboxylic acids is 1. The fourth-order valence-electron chi connectivity index (χ4n) is 2.02. The van der Waals surface area contributed by atoms with E-state index < -0.39 is 0 Å². The van der Waals surface area contributed by atoms with E-state index in [1.165, 1.54) is 0 Å². The van der Waals surface area contributed by atoms with Crippen LogP contribution in [0.15, 0.2) is 0 Å². The van der Waals surface area contributed by atoms with Gasteiger partial charge in [-0.2, -0.15) is 11.8 Å². The topological polar surface area (TPSA) is 53.6 Å². The third-order valence-corrected chi connectivity index (χ3v) is 4.13. The van der Waals surface area contributed by atoms with E-state index >= 15 is 0 Å². The minimum absolute atomic E-state index is 0.00145. The van der Waals surface area contributed by atoms with Gasteiger partial charge in [-0.25, -0.2) is 0 Å². The Morgan fingerprint density at radius 2 is 2.29 bits per heavy atom. The number of morpholine rings is 1. The zero-order valence-electron chi connectivity index (χ0n) is 10.1. The molecule has 0 aromatic carbocycles. The van der Waals surface area contributed by atoms with Gasteiger partial charge in [0.15, 0.2) is 0 Å². The Labute approximate surface area is 107 Å². The van der Waals surface area contributed by atoms with Crippen LogP contribution >= 0.6 is 11.8 Å². The van der Waals surface area contributed by atoms with Crippen molar-refractivity contribution in [3.63, 3.8) is 0 Å². The molecule has 2 rings (SSSR count). The second-order valence-electron chi connectivity index (χ2n) is 4.33. The highest BCUT2D eigenvalue weighted by Gasteiger charge is 2.20. The van der Waals surface area contributed by atoms with Crippen molar-refractivity contribution in [1.29, 1.82) is 0 Å². The molecule has 0 saturated carbocycles. The monoisotopic (exact) mass is 259 g/mol. The highest BCUT2D eigenvalue weighted by molar-refractivity contribution is 7.99. The summed E-state index contributed by atoms with van der Waals surface area (Å²) in [7, 11) is 0. The minimum atomic E-state index is -0.00145. The molecule has 1 atom stereocenters. The van der Waals surface area contributed by atoms with Crippen molar-refractivity contribution in [1.82, 2.24) is 15.5 Å². The summed E-state index contributed by atoms with van der Waals surface area (Å²) in [6.45, 7) is 6.19. The Morgan fingerprint density at radius 1 is 1.47 bits per heavy atom. The van der Waals surface area contributed by atoms with Gasteiger partial charge in [-0.15, -0.1) is 0 Å². The van der Waals surface area contributed by atoms with Gasteiger partial charge in [-0.05, 0) is 0 Å². The summed E-state index contributed by atoms with van der Waals surface area (Å²) in [5, 5.41) is 6.24. The van der Waals surface area contributed by atoms with Crippen molar-refractivity contribution in [3.05, 3.63) is 0 Å². The standard InChI is InChI=1S/C11H21N3O2S/c15-11(10-9-17-8-2-12-10)13-1-3-14-4-6-16-7-5-14/h10,12H,1-9H2,(H,13,15). The van der Waals surface area contributed by atoms with E-state index in [0.717, 1.165) is 57.4 Å². The lowest BCUT2D eigenvalue weighted by atomic mass is 10.3. The Balaban J connectivity index is 1.58. The van der Waals surface area contributed by atoms with Crippen LogP contribution in [0.4, 0.5) is 0 Å². The number of nitrogens with one attached hydrogen (secondary N) is 2. The third-order valence-electron chi connectivity index (χ3n) is 3.07. The second kappa shape index (κ2) is 7.20. The third kappa shape index (κ3) is 4.46. The van der Waals surface area contributed by atoms with Crippen LogP contribution in [0.3, 0.4) is 0 Å². The summed E-state index contributed by atoms with van der Waals surface area (Å²) in [5.74, 6) is 2.14. The number of amides is 1. The van der Waals surface area contributed by atoms with Gasteiger partial charge in [0.2, 0.25) is 5.91 Å². The van der Waals surface area contributed by atoms with Crippen molar-refractivity contribution < 1.29 is 9.53 Å². The Kier molecular flexibility index (Phi) is 5.57. The van der Waals surface area contributed by atoms with E-state index in [9.17, 15) is 4.79 Å². The number of nitrogens with zero attached hydrogens (tertiary/aromatic N) is 1. The van der Waals surface area contributed by atoms with Crippen molar-refractivity contribution in [3.8, 4) is 0 Å². The van der Waals surface area contributed by atoms with Crippen LogP contribution in [-0.2, 0) is 9.53 Å². The summed E-state index contributed by atoms with van der Waals surface area (Å²) < 4.78 is 5.28. The van der Waals surface area contributed by atoms with Crippen LogP contribution in [0.2, 0.25) is 0 Å². The molecule has 0 aromatic rings. The van der Waals surface area contributed by atoms with Gasteiger partial charge >= 0.3 is 0 Å². The molecule has 2 saturated heterocycles. The molecule has 2 aliphatic heterocycles. The van der Waals surface area contributed by atoms with E-state index in [1.807, 2.05) is 11.8 Å². The number of thioether (sulfide) groups is 1. The SMILES string of the molecule is O=C(NCCN1CCOCC1)C1CSCCN1. The fraction of sp³-hybridized carbons (Fsp3) is 0.909. The van der Waals surface area contributed by atoms with Crippen LogP contribution in [0.5, 0.6) is 0 Å². The lowest BCUT2D eigenvalue weighted by molar-refractivity contribution is -0.122. The summed E-state index contributed by atoms with van der Waals surface area (Å²) in [6, 6.07) is -0.00145. The van der Waals surface area contributed by atoms with Crippen LogP contribution in [0.1, 0.15) is 0 Å². The summed E-state index contributed by atoms with van der Waals surface area (Å²) in [5.41, 5.74) is 0. The lowest BCUT2D eigenvalue weighted by Gasteiger charge is -2.27. The van der Waals surface area contributed by atoms with Crippen molar-refractivity contribution in [2.24, 2.45) is 0 Å². The predicted octanol–water partition coefficient (Wildman–Crippen LogP) is -0.860. The maximum atomic E-state index is 11.8. The average molecular weight is 259 g/mol. The quantitative estimate of drug-likeness (QED) is 0.688. The smallest absolute Gasteiger partial charge is 0.238 e. The molecule has 0 aromatic heterocycles. The molecule has 2 heterocycles. The minimum Gasteiger partial charge on any atom is -0.379 e. The highest BCUT2D eigenvalue weighted by Crippen LogP contribution is 2.07. The van der Waals surface area contributed by atoms with E-state index in [2.05, 4.69) is 15.5 Å². The lowest BCUT2D eigenvalue weighted by Crippen LogP contribution is -2.50. The first kappa shape index (κ1) is 13.1. The number of hydrogen-bond acceptors (Lipinski definition) is 5. The average Bonchev–Trinajstić information content (AvgIpc) is 2.41. The number of carbonyl (C=O) groups is 1. The number of ether oxygens (including phenoxy) is 1. The molecule has 0 spiro atoms. The van der Waals surface area contributed by atoms with Crippen LogP contribution in [-0.4, -0.2) is 74.3 Å². The molecule has 17 heavy (non-hydrogen) atoms. The zero-order chi connectivity index (χ0) is 11.9. The second-order valence-corrected chi connectivity index (χ2v) is 5.48. The van der Waals surface area contributed by atoms with Gasteiger partial charge < -0.3 is 15.4 Å². The van der Waals surface area contributed by atoms with Crippen LogP contribution in [0.25, 0.3) is 0 Å². The van der Waals surface area contributed by atoms with Gasteiger partial charge in [-0.1, -0.05) is 0 Å². The summed E-state index contributed by atoms with van der Waals surface area (Å²) >= 11 is 1.84. The summed E-state index contributed by atoms with van der Waals surface area (Å²) in [4.78, 5) is 14.1. The predicted molar refractivity (Wildman–Crippen MR) is 69.4 cm³/mol. The maximum Gasteiger partial charge on any atom is 0.238 e. The molecule has 0 radical (unpaired) electrons. The molecular formula is C11H21N3O2S. The van der Waals surface area contributed by atoms with Gasteiger partial charge in [0.25, 0.3) is 0 Å². The largest absolute Gasteiger partial charge is 0.379 e. The molecule has 6 heteroatoms. The fourth-order valence-corrected chi connectivity index (χ4v) is 2.95. The molecule has 2 N–H and O–H groups in total. The number of hydrogen-bond donors (Lipinski definition) is 2. The molecule has 2 fully saturated rings. The Hall–Kier alpha value is -0.300. The first-order chi connectivity index (χ1) is 8.36. The summed E-state index contributed by atoms with van der Waals surface area (Å²) in [6.07, 6.45) is 0. The molecule has 0 bridgehead atoms. The van der Waals surface area contributed by atoms with Crippen LogP contribution < -0.4 is 10.6 Å². The van der Waals surface area contributed by atoms with E-state index in [0.29, 0.717) is 0 Å². The molecule has 1 amide bonds. The Bertz CT molecular complexity index is 241. The van der Waals surface area contributed by atoms with E-state index in [-0.39, 0.29) is 11.9 Å². The highest BCUT2D eigenvalue weighted by atomic mass is 32.2. The maximum absolute atomic E-state index is 11.8. The molecule has 2 aliphatic rings. The molecule has 98 valence electrons. The molecular weight excluding hydrogens is 238 g/mol. The van der Waals surface area contributed by atoms with Gasteiger partial charge in [-0.3, -0.25) is 9.69 Å². The van der Waals surface area contributed by atoms with Gasteiger partial charge in [0, 0.05) is 44.2 Å². The number of rotatable bonds is 4. The van der Waals surface area contributed by atoms with Crippen LogP contribution in [0, 0.1) is 0 Å². The first-order valence-electron chi connectivity index (χ1n) is 6.25. The molecule has 0 aliphatic carbocycles. The molecule has 1 unspecified atom stereocenters. The van der Waals surface area contributed by atoms with Crippen molar-refractivity contribution >= 4 is 17.7 Å². The van der Waals surface area contributed by atoms with E-state index in [1.54, 1.807) is 0 Å². The zero-order valence-corrected chi connectivity index (χ0v) is 10.9. The van der Waals surface area contributed by atoms with E-state index in [4.69, 9.17) is 4.74 Å². The molecule has 5 nitrogen and oxygen atoms in total. The van der Waals surface area contributed by atoms with Crippen molar-refractivity contribution in [2.45, 2.75) is 6.04 Å². The van der Waals surface area contributed by atoms with Gasteiger partial charge in [0.1, 0.15) is 0 Å². The first-order valence-corrected chi connectivity index (χ1v) is 7.40. The Morgan fingerprint density at radius 3 is 3.00 bits per heavy atom. The normalized spacial score (nSPS) is 26.7.